The van der Waals surface area contributed by atoms with Crippen LogP contribution in [0.15, 0.2) is 90.4 Å². The van der Waals surface area contributed by atoms with E-state index in [-0.39, 0.29) is 5.78 Å². The van der Waals surface area contributed by atoms with E-state index in [0.717, 1.165) is 0 Å². The topological polar surface area (TPSA) is 92.3 Å². The van der Waals surface area contributed by atoms with Crippen molar-refractivity contribution in [1.82, 2.24) is 9.97 Å². The van der Waals surface area contributed by atoms with E-state index in [9.17, 15) is 14.4 Å². The van der Waals surface area contributed by atoms with Crippen molar-refractivity contribution in [3.05, 3.63) is 96.0 Å². The van der Waals surface area contributed by atoms with Gasteiger partial charge in [-0.25, -0.2) is 9.97 Å². The molecule has 160 valence electrons. The highest BCUT2D eigenvalue weighted by molar-refractivity contribution is 6.16. The Morgan fingerprint density at radius 3 is 2.16 bits per heavy atom. The molecule has 3 heterocycles. The van der Waals surface area contributed by atoms with Gasteiger partial charge >= 0.3 is 0 Å². The number of nitrogens with zero attached hydrogens (tertiary/aromatic N) is 3. The van der Waals surface area contributed by atoms with Crippen LogP contribution < -0.4 is 10.2 Å². The number of allylic oxidation sites excluding steroid dienone is 1. The molecule has 7 nitrogen and oxygen atoms in total. The molecule has 0 radical (unpaired) electrons. The van der Waals surface area contributed by atoms with E-state index in [1.165, 1.54) is 11.8 Å². The van der Waals surface area contributed by atoms with Gasteiger partial charge in [0.1, 0.15) is 23.3 Å². The highest BCUT2D eigenvalue weighted by Crippen LogP contribution is 2.42. The molecule has 7 heteroatoms. The SMILES string of the molecule is CC(=O)[C@@H]1C(=O)N(c2ccccn2)C(C)=C(C(=O)Nc2ccccn2)[C@@H]1c1ccccc1. The third kappa shape index (κ3) is 3.92. The first-order valence-electron chi connectivity index (χ1n) is 10.2. The van der Waals surface area contributed by atoms with Gasteiger partial charge in [0.05, 0.1) is 0 Å². The summed E-state index contributed by atoms with van der Waals surface area (Å²) in [5.41, 5.74) is 1.47. The molecule has 1 N–H and O–H groups in total. The molecule has 32 heavy (non-hydrogen) atoms. The normalized spacial score (nSPS) is 18.4. The Kier molecular flexibility index (Phi) is 5.89. The van der Waals surface area contributed by atoms with E-state index >= 15 is 0 Å². The van der Waals surface area contributed by atoms with Crippen LogP contribution in [-0.2, 0) is 14.4 Å². The monoisotopic (exact) mass is 426 g/mol. The van der Waals surface area contributed by atoms with Crippen molar-refractivity contribution >= 4 is 29.2 Å². The fraction of sp³-hybridized carbons (Fsp3) is 0.160. The van der Waals surface area contributed by atoms with Gasteiger partial charge in [-0.15, -0.1) is 0 Å². The van der Waals surface area contributed by atoms with Crippen molar-refractivity contribution in [2.24, 2.45) is 5.92 Å². The van der Waals surface area contributed by atoms with Gasteiger partial charge in [-0.1, -0.05) is 42.5 Å². The number of hydrogen-bond acceptors (Lipinski definition) is 5. The highest BCUT2D eigenvalue weighted by Gasteiger charge is 2.47. The van der Waals surface area contributed by atoms with Crippen molar-refractivity contribution < 1.29 is 14.4 Å². The molecule has 3 aromatic rings. The molecule has 0 aliphatic carbocycles. The lowest BCUT2D eigenvalue weighted by atomic mass is 9.74. The van der Waals surface area contributed by atoms with Crippen LogP contribution in [0, 0.1) is 5.92 Å². The number of carbonyl (C=O) groups excluding carboxylic acids is 3. The van der Waals surface area contributed by atoms with E-state index in [1.54, 1.807) is 55.7 Å². The number of amides is 2. The summed E-state index contributed by atoms with van der Waals surface area (Å²) in [6.07, 6.45) is 3.14. The Bertz CT molecular complexity index is 1180. The molecule has 4 rings (SSSR count). The Hall–Kier alpha value is -4.13. The van der Waals surface area contributed by atoms with Gasteiger partial charge in [-0.2, -0.15) is 0 Å². The summed E-state index contributed by atoms with van der Waals surface area (Å²) < 4.78 is 0. The first-order valence-corrected chi connectivity index (χ1v) is 10.2. The smallest absolute Gasteiger partial charge is 0.255 e. The summed E-state index contributed by atoms with van der Waals surface area (Å²) in [6.45, 7) is 3.08. The average molecular weight is 426 g/mol. The minimum Gasteiger partial charge on any atom is -0.307 e. The fourth-order valence-electron chi connectivity index (χ4n) is 4.08. The second-order valence-electron chi connectivity index (χ2n) is 7.51. The molecule has 0 unspecified atom stereocenters. The Morgan fingerprint density at radius 2 is 1.56 bits per heavy atom. The van der Waals surface area contributed by atoms with Gasteiger partial charge in [0, 0.05) is 29.6 Å². The fourth-order valence-corrected chi connectivity index (χ4v) is 4.08. The van der Waals surface area contributed by atoms with Crippen LogP contribution in [0.3, 0.4) is 0 Å². The average Bonchev–Trinajstić information content (AvgIpc) is 2.80. The molecule has 2 amide bonds. The number of hydrogen-bond donors (Lipinski definition) is 1. The number of anilines is 2. The van der Waals surface area contributed by atoms with E-state index in [4.69, 9.17) is 0 Å². The summed E-state index contributed by atoms with van der Waals surface area (Å²) in [5, 5.41) is 2.81. The van der Waals surface area contributed by atoms with Crippen LogP contribution in [0.1, 0.15) is 25.3 Å². The van der Waals surface area contributed by atoms with Crippen molar-refractivity contribution in [3.8, 4) is 0 Å². The van der Waals surface area contributed by atoms with Crippen LogP contribution in [-0.4, -0.2) is 27.6 Å². The van der Waals surface area contributed by atoms with Crippen LogP contribution in [0.4, 0.5) is 11.6 Å². The van der Waals surface area contributed by atoms with Crippen molar-refractivity contribution in [2.75, 3.05) is 10.2 Å². The number of rotatable bonds is 5. The minimum atomic E-state index is -1.06. The second kappa shape index (κ2) is 8.93. The molecule has 1 aromatic carbocycles. The van der Waals surface area contributed by atoms with Gasteiger partial charge in [-0.05, 0) is 43.7 Å². The molecule has 2 aromatic heterocycles. The second-order valence-corrected chi connectivity index (χ2v) is 7.51. The number of benzene rings is 1. The van der Waals surface area contributed by atoms with Crippen LogP contribution in [0.2, 0.25) is 0 Å². The van der Waals surface area contributed by atoms with Crippen LogP contribution in [0.25, 0.3) is 0 Å². The van der Waals surface area contributed by atoms with Crippen molar-refractivity contribution in [1.29, 1.82) is 0 Å². The molecule has 0 saturated heterocycles. The van der Waals surface area contributed by atoms with Gasteiger partial charge < -0.3 is 5.32 Å². The lowest BCUT2D eigenvalue weighted by Gasteiger charge is -2.38. The van der Waals surface area contributed by atoms with E-state index in [0.29, 0.717) is 28.5 Å². The molecule has 1 aliphatic rings. The Labute approximate surface area is 185 Å². The minimum absolute atomic E-state index is 0.319. The highest BCUT2D eigenvalue weighted by atomic mass is 16.2. The molecule has 1 aliphatic heterocycles. The van der Waals surface area contributed by atoms with E-state index < -0.39 is 23.7 Å². The molecule has 0 fully saturated rings. The molecule has 2 atom stereocenters. The predicted molar refractivity (Wildman–Crippen MR) is 121 cm³/mol. The van der Waals surface area contributed by atoms with Gasteiger partial charge in [0.2, 0.25) is 5.91 Å². The number of pyridine rings is 2. The maximum atomic E-state index is 13.6. The molecule has 0 bridgehead atoms. The first kappa shape index (κ1) is 21.1. The summed E-state index contributed by atoms with van der Waals surface area (Å²) in [6, 6.07) is 19.5. The maximum absolute atomic E-state index is 13.6. The number of ketones is 1. The van der Waals surface area contributed by atoms with Gasteiger partial charge in [-0.3, -0.25) is 19.3 Å². The van der Waals surface area contributed by atoms with Crippen molar-refractivity contribution in [2.45, 2.75) is 19.8 Å². The quantitative estimate of drug-likeness (QED) is 0.628. The third-order valence-corrected chi connectivity index (χ3v) is 5.48. The lowest BCUT2D eigenvalue weighted by molar-refractivity contribution is -0.132. The van der Waals surface area contributed by atoms with Gasteiger partial charge in [0.25, 0.3) is 5.91 Å². The zero-order chi connectivity index (χ0) is 22.7. The van der Waals surface area contributed by atoms with E-state index in [1.807, 2.05) is 30.3 Å². The number of aromatic nitrogens is 2. The largest absolute Gasteiger partial charge is 0.307 e. The predicted octanol–water partition coefficient (Wildman–Crippen LogP) is 3.72. The summed E-state index contributed by atoms with van der Waals surface area (Å²) >= 11 is 0. The number of nitrogens with one attached hydrogen (secondary N) is 1. The van der Waals surface area contributed by atoms with Gasteiger partial charge in [0.15, 0.2) is 0 Å². The molecule has 0 saturated carbocycles. The maximum Gasteiger partial charge on any atom is 0.255 e. The third-order valence-electron chi connectivity index (χ3n) is 5.48. The summed E-state index contributed by atoms with van der Waals surface area (Å²) in [5.74, 6) is -2.20. The molecule has 0 spiro atoms. The first-order chi connectivity index (χ1) is 15.5. The number of Topliss-reactive ketones (excluding diaryl/α,β-unsaturated/α-hetero) is 1. The van der Waals surface area contributed by atoms with Crippen molar-refractivity contribution in [3.63, 3.8) is 0 Å². The lowest BCUT2D eigenvalue weighted by Crippen LogP contribution is -2.48. The summed E-state index contributed by atoms with van der Waals surface area (Å²) in [4.78, 5) is 49.7. The Balaban J connectivity index is 1.91. The Morgan fingerprint density at radius 1 is 0.906 bits per heavy atom. The molecular formula is C25H22N4O3. The number of carbonyl (C=O) groups is 3. The van der Waals surface area contributed by atoms with Crippen LogP contribution >= 0.6 is 0 Å². The summed E-state index contributed by atoms with van der Waals surface area (Å²) in [7, 11) is 0. The zero-order valence-electron chi connectivity index (χ0n) is 17.7. The van der Waals surface area contributed by atoms with E-state index in [2.05, 4.69) is 15.3 Å². The standard InChI is InChI=1S/C25H22N4O3/c1-16-21(24(31)28-19-12-6-8-14-26-19)23(18-10-4-3-5-11-18)22(17(2)30)25(32)29(16)20-13-7-9-15-27-20/h3-15,22-23H,1-2H3,(H,26,28,31)/t22-,23-/m0/s1. The van der Waals surface area contributed by atoms with Crippen LogP contribution in [0.5, 0.6) is 0 Å². The zero-order valence-corrected chi connectivity index (χ0v) is 17.7. The molecular weight excluding hydrogens is 404 g/mol.